The highest BCUT2D eigenvalue weighted by atomic mass is 15.2. The SMILES string of the molecule is c1ccc(N=Nc2n[nH]c3ccccc23)cc1. The first kappa shape index (κ1) is 9.72. The molecule has 0 aliphatic rings. The molecule has 0 amide bonds. The van der Waals surface area contributed by atoms with Crippen molar-refractivity contribution in [3.8, 4) is 0 Å². The molecule has 17 heavy (non-hydrogen) atoms. The topological polar surface area (TPSA) is 53.4 Å². The van der Waals surface area contributed by atoms with E-state index >= 15 is 0 Å². The number of aromatic amines is 1. The second-order valence-corrected chi connectivity index (χ2v) is 3.63. The standard InChI is InChI=1S/C13H10N4/c1-2-6-10(7-3-1)14-16-13-11-8-4-5-9-12(11)15-17-13/h1-9H,(H,15,17). The molecule has 82 valence electrons. The Balaban J connectivity index is 1.98. The number of hydrogen-bond donors (Lipinski definition) is 1. The minimum Gasteiger partial charge on any atom is -0.276 e. The molecule has 3 aromatic rings. The van der Waals surface area contributed by atoms with Crippen molar-refractivity contribution in [2.45, 2.75) is 0 Å². The van der Waals surface area contributed by atoms with E-state index in [0.717, 1.165) is 16.6 Å². The summed E-state index contributed by atoms with van der Waals surface area (Å²) in [6.45, 7) is 0. The average Bonchev–Trinajstić information content (AvgIpc) is 2.81. The van der Waals surface area contributed by atoms with Gasteiger partial charge in [-0.2, -0.15) is 5.10 Å². The number of aromatic nitrogens is 2. The molecule has 1 heterocycles. The predicted molar refractivity (Wildman–Crippen MR) is 66.7 cm³/mol. The van der Waals surface area contributed by atoms with Crippen molar-refractivity contribution in [2.24, 2.45) is 10.2 Å². The Morgan fingerprint density at radius 3 is 2.47 bits per heavy atom. The summed E-state index contributed by atoms with van der Waals surface area (Å²) in [7, 11) is 0. The van der Waals surface area contributed by atoms with Gasteiger partial charge in [-0.3, -0.25) is 5.10 Å². The molecule has 0 fully saturated rings. The van der Waals surface area contributed by atoms with Gasteiger partial charge in [0, 0.05) is 5.39 Å². The molecular formula is C13H10N4. The molecule has 0 bridgehead atoms. The van der Waals surface area contributed by atoms with Gasteiger partial charge in [-0.05, 0) is 24.3 Å². The maximum absolute atomic E-state index is 4.15. The van der Waals surface area contributed by atoms with Crippen LogP contribution < -0.4 is 0 Å². The molecule has 0 spiro atoms. The Morgan fingerprint density at radius 2 is 1.59 bits per heavy atom. The van der Waals surface area contributed by atoms with Gasteiger partial charge in [-0.1, -0.05) is 30.3 Å². The number of nitrogens with one attached hydrogen (secondary N) is 1. The predicted octanol–water partition coefficient (Wildman–Crippen LogP) is 3.98. The van der Waals surface area contributed by atoms with Crippen LogP contribution in [0.25, 0.3) is 10.9 Å². The van der Waals surface area contributed by atoms with E-state index in [1.807, 2.05) is 54.6 Å². The number of para-hydroxylation sites is 1. The maximum Gasteiger partial charge on any atom is 0.203 e. The molecule has 0 atom stereocenters. The Kier molecular flexibility index (Phi) is 2.38. The summed E-state index contributed by atoms with van der Waals surface area (Å²) in [5.74, 6) is 0.615. The first-order chi connectivity index (χ1) is 8.43. The van der Waals surface area contributed by atoms with E-state index in [-0.39, 0.29) is 0 Å². The first-order valence-electron chi connectivity index (χ1n) is 5.33. The van der Waals surface area contributed by atoms with Gasteiger partial charge in [-0.25, -0.2) is 0 Å². The van der Waals surface area contributed by atoms with Gasteiger partial charge >= 0.3 is 0 Å². The lowest BCUT2D eigenvalue weighted by Crippen LogP contribution is -1.65. The minimum absolute atomic E-state index is 0.615. The monoisotopic (exact) mass is 222 g/mol. The smallest absolute Gasteiger partial charge is 0.203 e. The highest BCUT2D eigenvalue weighted by Crippen LogP contribution is 2.24. The van der Waals surface area contributed by atoms with Gasteiger partial charge in [0.15, 0.2) is 0 Å². The fraction of sp³-hybridized carbons (Fsp3) is 0. The zero-order valence-corrected chi connectivity index (χ0v) is 9.04. The van der Waals surface area contributed by atoms with Crippen molar-refractivity contribution in [1.82, 2.24) is 10.2 Å². The number of fused-ring (bicyclic) bond motifs is 1. The largest absolute Gasteiger partial charge is 0.276 e. The number of nitrogens with zero attached hydrogens (tertiary/aromatic N) is 3. The summed E-state index contributed by atoms with van der Waals surface area (Å²) in [4.78, 5) is 0. The normalized spacial score (nSPS) is 11.3. The van der Waals surface area contributed by atoms with Gasteiger partial charge in [-0.15, -0.1) is 10.2 Å². The lowest BCUT2D eigenvalue weighted by molar-refractivity contribution is 1.07. The first-order valence-corrected chi connectivity index (χ1v) is 5.33. The zero-order chi connectivity index (χ0) is 11.5. The van der Waals surface area contributed by atoms with Crippen LogP contribution >= 0.6 is 0 Å². The van der Waals surface area contributed by atoms with Crippen LogP contribution in [0.3, 0.4) is 0 Å². The second kappa shape index (κ2) is 4.17. The van der Waals surface area contributed by atoms with Crippen LogP contribution in [0.4, 0.5) is 11.5 Å². The Bertz CT molecular complexity index is 655. The van der Waals surface area contributed by atoms with Crippen molar-refractivity contribution in [1.29, 1.82) is 0 Å². The van der Waals surface area contributed by atoms with Crippen LogP contribution in [0.1, 0.15) is 0 Å². The molecule has 0 aliphatic heterocycles. The quantitative estimate of drug-likeness (QED) is 0.655. The van der Waals surface area contributed by atoms with Crippen molar-refractivity contribution >= 4 is 22.4 Å². The summed E-state index contributed by atoms with van der Waals surface area (Å²) < 4.78 is 0. The van der Waals surface area contributed by atoms with Crippen LogP contribution in [0.2, 0.25) is 0 Å². The Labute approximate surface area is 98.0 Å². The molecular weight excluding hydrogens is 212 g/mol. The lowest BCUT2D eigenvalue weighted by atomic mass is 10.2. The van der Waals surface area contributed by atoms with Gasteiger partial charge < -0.3 is 0 Å². The van der Waals surface area contributed by atoms with Crippen LogP contribution in [0.5, 0.6) is 0 Å². The van der Waals surface area contributed by atoms with Crippen LogP contribution in [-0.4, -0.2) is 10.2 Å². The van der Waals surface area contributed by atoms with E-state index in [0.29, 0.717) is 5.82 Å². The highest BCUT2D eigenvalue weighted by Gasteiger charge is 2.02. The third-order valence-corrected chi connectivity index (χ3v) is 2.47. The Hall–Kier alpha value is -2.49. The van der Waals surface area contributed by atoms with Crippen LogP contribution in [0, 0.1) is 0 Å². The van der Waals surface area contributed by atoms with Crippen molar-refractivity contribution in [3.63, 3.8) is 0 Å². The third-order valence-electron chi connectivity index (χ3n) is 2.47. The lowest BCUT2D eigenvalue weighted by Gasteiger charge is -1.89. The highest BCUT2D eigenvalue weighted by molar-refractivity contribution is 5.87. The van der Waals surface area contributed by atoms with E-state index < -0.39 is 0 Å². The van der Waals surface area contributed by atoms with Gasteiger partial charge in [0.25, 0.3) is 0 Å². The molecule has 0 unspecified atom stereocenters. The molecule has 3 rings (SSSR count). The number of H-pyrrole nitrogens is 1. The van der Waals surface area contributed by atoms with E-state index in [1.54, 1.807) is 0 Å². The molecule has 0 saturated carbocycles. The number of azo groups is 1. The van der Waals surface area contributed by atoms with Crippen LogP contribution in [-0.2, 0) is 0 Å². The summed E-state index contributed by atoms with van der Waals surface area (Å²) in [6, 6.07) is 17.5. The number of hydrogen-bond acceptors (Lipinski definition) is 3. The molecule has 2 aromatic carbocycles. The van der Waals surface area contributed by atoms with E-state index in [2.05, 4.69) is 20.4 Å². The average molecular weight is 222 g/mol. The van der Waals surface area contributed by atoms with Crippen LogP contribution in [0.15, 0.2) is 64.8 Å². The van der Waals surface area contributed by atoms with Gasteiger partial charge in [0.2, 0.25) is 5.82 Å². The van der Waals surface area contributed by atoms with Crippen molar-refractivity contribution in [3.05, 3.63) is 54.6 Å². The van der Waals surface area contributed by atoms with Gasteiger partial charge in [0.05, 0.1) is 11.2 Å². The fourth-order valence-electron chi connectivity index (χ4n) is 1.62. The summed E-state index contributed by atoms with van der Waals surface area (Å²) >= 11 is 0. The van der Waals surface area contributed by atoms with Gasteiger partial charge in [0.1, 0.15) is 0 Å². The van der Waals surface area contributed by atoms with Crippen molar-refractivity contribution in [2.75, 3.05) is 0 Å². The minimum atomic E-state index is 0.615. The third kappa shape index (κ3) is 1.92. The molecule has 1 aromatic heterocycles. The van der Waals surface area contributed by atoms with Crippen molar-refractivity contribution < 1.29 is 0 Å². The molecule has 4 nitrogen and oxygen atoms in total. The number of rotatable bonds is 2. The zero-order valence-electron chi connectivity index (χ0n) is 9.04. The van der Waals surface area contributed by atoms with E-state index in [1.165, 1.54) is 0 Å². The molecule has 0 radical (unpaired) electrons. The Morgan fingerprint density at radius 1 is 0.824 bits per heavy atom. The molecule has 4 heteroatoms. The fourth-order valence-corrected chi connectivity index (χ4v) is 1.62. The summed E-state index contributed by atoms with van der Waals surface area (Å²) in [5.41, 5.74) is 1.79. The number of benzene rings is 2. The molecule has 1 N–H and O–H groups in total. The maximum atomic E-state index is 4.15. The van der Waals surface area contributed by atoms with E-state index in [4.69, 9.17) is 0 Å². The summed E-state index contributed by atoms with van der Waals surface area (Å²) in [5, 5.41) is 16.3. The second-order valence-electron chi connectivity index (χ2n) is 3.63. The molecule has 0 saturated heterocycles. The van der Waals surface area contributed by atoms with E-state index in [9.17, 15) is 0 Å². The summed E-state index contributed by atoms with van der Waals surface area (Å²) in [6.07, 6.45) is 0. The molecule has 0 aliphatic carbocycles.